The van der Waals surface area contributed by atoms with Gasteiger partial charge in [0, 0.05) is 60.8 Å². The molecular weight excluding hydrogens is 744 g/mol. The minimum Gasteiger partial charge on any atom is -0.388 e. The van der Waals surface area contributed by atoms with Crippen LogP contribution in [-0.2, 0) is 35.6 Å². The zero-order valence-electron chi connectivity index (χ0n) is 32.6. The molecule has 1 unspecified atom stereocenters. The van der Waals surface area contributed by atoms with Gasteiger partial charge in [0.1, 0.15) is 0 Å². The molecule has 1 fully saturated rings. The van der Waals surface area contributed by atoms with E-state index in [1.165, 1.54) is 10.9 Å². The largest absolute Gasteiger partial charge is 0.388 e. The molecular formula is C43H49ClN8O5. The number of benzene rings is 3. The smallest absolute Gasteiger partial charge is 0.261 e. The van der Waals surface area contributed by atoms with Crippen molar-refractivity contribution in [1.29, 1.82) is 0 Å². The average molecular weight is 793 g/mol. The van der Waals surface area contributed by atoms with Gasteiger partial charge in [0.15, 0.2) is 0 Å². The Morgan fingerprint density at radius 3 is 2.49 bits per heavy atom. The molecule has 57 heavy (non-hydrogen) atoms. The lowest BCUT2D eigenvalue weighted by Gasteiger charge is -2.39. The van der Waals surface area contributed by atoms with Crippen LogP contribution in [0.5, 0.6) is 0 Å². The second kappa shape index (κ2) is 17.1. The summed E-state index contributed by atoms with van der Waals surface area (Å²) in [6.07, 6.45) is 3.77. The van der Waals surface area contributed by atoms with Crippen molar-refractivity contribution >= 4 is 56.8 Å². The number of amides is 3. The molecule has 0 saturated carbocycles. The second-order valence-corrected chi connectivity index (χ2v) is 16.2. The zero-order chi connectivity index (χ0) is 40.3. The molecule has 3 amide bonds. The second-order valence-electron chi connectivity index (χ2n) is 15.8. The topological polar surface area (TPSA) is 153 Å². The van der Waals surface area contributed by atoms with Gasteiger partial charge in [-0.15, -0.1) is 0 Å². The number of hydrogen-bond donors (Lipinski definition) is 3. The lowest BCUT2D eigenvalue weighted by atomic mass is 9.88. The molecule has 3 N–H and O–H groups in total. The highest BCUT2D eigenvalue weighted by molar-refractivity contribution is 6.36. The first kappa shape index (κ1) is 40.0. The van der Waals surface area contributed by atoms with Crippen LogP contribution >= 0.6 is 11.6 Å². The number of carbonyl (C=O) groups excluding carboxylic acids is 3. The molecule has 3 aromatic carbocycles. The molecule has 0 bridgehead atoms. The third-order valence-electron chi connectivity index (χ3n) is 10.9. The maximum atomic E-state index is 14.1. The van der Waals surface area contributed by atoms with Gasteiger partial charge >= 0.3 is 0 Å². The van der Waals surface area contributed by atoms with Gasteiger partial charge in [0.2, 0.25) is 11.8 Å². The minimum atomic E-state index is -1.20. The van der Waals surface area contributed by atoms with Gasteiger partial charge in [-0.05, 0) is 89.1 Å². The van der Waals surface area contributed by atoms with Crippen molar-refractivity contribution in [2.45, 2.75) is 57.3 Å². The summed E-state index contributed by atoms with van der Waals surface area (Å²) in [4.78, 5) is 67.9. The summed E-state index contributed by atoms with van der Waals surface area (Å²) in [5, 5.41) is 19.4. The van der Waals surface area contributed by atoms with E-state index in [1.54, 1.807) is 49.3 Å². The number of pyridine rings is 1. The Kier molecular flexibility index (Phi) is 12.0. The van der Waals surface area contributed by atoms with Crippen LogP contribution in [0.25, 0.3) is 21.8 Å². The number of likely N-dealkylation sites (N-methyl/N-ethyl adjacent to an activating group) is 1. The van der Waals surface area contributed by atoms with Crippen LogP contribution in [0.2, 0.25) is 5.02 Å². The molecule has 1 atom stereocenters. The van der Waals surface area contributed by atoms with Gasteiger partial charge in [-0.3, -0.25) is 33.6 Å². The maximum Gasteiger partial charge on any atom is 0.261 e. The fraction of sp³-hybridized carbons (Fsp3) is 0.395. The van der Waals surface area contributed by atoms with Crippen molar-refractivity contribution in [2.24, 2.45) is 5.92 Å². The highest BCUT2D eigenvalue weighted by Gasteiger charge is 2.36. The maximum absolute atomic E-state index is 14.1. The van der Waals surface area contributed by atoms with E-state index in [2.05, 4.69) is 20.5 Å². The number of aliphatic hydroxyl groups is 1. The number of rotatable bonds is 13. The number of piperidine rings is 1. The highest BCUT2D eigenvalue weighted by Crippen LogP contribution is 2.34. The molecule has 2 aromatic heterocycles. The summed E-state index contributed by atoms with van der Waals surface area (Å²) in [5.74, 6) is -0.676. The normalized spacial score (nSPS) is 15.9. The van der Waals surface area contributed by atoms with E-state index in [4.69, 9.17) is 16.6 Å². The highest BCUT2D eigenvalue weighted by atomic mass is 35.5. The Labute approximate surface area is 336 Å². The van der Waals surface area contributed by atoms with E-state index in [0.717, 1.165) is 35.3 Å². The van der Waals surface area contributed by atoms with Gasteiger partial charge in [0.05, 0.1) is 52.2 Å². The van der Waals surface area contributed by atoms with Crippen LogP contribution < -0.4 is 16.2 Å². The van der Waals surface area contributed by atoms with Crippen LogP contribution in [0, 0.1) is 5.92 Å². The van der Waals surface area contributed by atoms with Crippen molar-refractivity contribution in [1.82, 2.24) is 34.6 Å². The summed E-state index contributed by atoms with van der Waals surface area (Å²) < 4.78 is 1.42. The summed E-state index contributed by atoms with van der Waals surface area (Å²) >= 11 is 6.71. The Balaban J connectivity index is 0.953. The third kappa shape index (κ3) is 9.34. The standard InChI is InChI=1S/C43H49ClN8O5/c1-49(2)25-38(53)47-31-12-14-33-35(22-31)46-27-52(42(33)56)26-43(57)15-18-51(19-16-43)41(55)30(20-28-8-5-4-6-9-28)10-7-17-45-40(54)29-11-13-32-36(21-29)48-37-24-50(3)23-34(37)39(32)44/h4-6,8-9,11-14,21-22,27,30,57H,7,10,15-20,23-26H2,1-3H3,(H,45,54)(H,47,53). The molecule has 298 valence electrons. The summed E-state index contributed by atoms with van der Waals surface area (Å²) in [7, 11) is 5.64. The SMILES string of the molecule is CN(C)CC(=O)Nc1ccc2c(=O)n(CC3(O)CCN(C(=O)C(CCCNC(=O)c4ccc5c(Cl)c6c(nc5c4)CN(C)C6)Cc4ccccc4)CC3)cnc2c1. The van der Waals surface area contributed by atoms with Crippen LogP contribution in [0.4, 0.5) is 5.69 Å². The van der Waals surface area contributed by atoms with Gasteiger partial charge in [-0.25, -0.2) is 4.98 Å². The van der Waals surface area contributed by atoms with E-state index in [1.807, 2.05) is 48.3 Å². The van der Waals surface area contributed by atoms with Gasteiger partial charge in [-0.1, -0.05) is 48.0 Å². The van der Waals surface area contributed by atoms with E-state index in [9.17, 15) is 24.3 Å². The van der Waals surface area contributed by atoms with Gasteiger partial charge < -0.3 is 25.5 Å². The van der Waals surface area contributed by atoms with Gasteiger partial charge in [0.25, 0.3) is 11.5 Å². The molecule has 7 rings (SSSR count). The number of likely N-dealkylation sites (tertiary alicyclic amines) is 1. The number of anilines is 1. The number of carbonyl (C=O) groups is 3. The number of nitrogens with one attached hydrogen (secondary N) is 2. The molecule has 2 aliphatic heterocycles. The molecule has 1 saturated heterocycles. The fourth-order valence-electron chi connectivity index (χ4n) is 7.90. The molecule has 5 aromatic rings. The van der Waals surface area contributed by atoms with Crippen LogP contribution in [-0.4, -0.2) is 105 Å². The Bertz CT molecular complexity index is 2360. The van der Waals surface area contributed by atoms with E-state index in [-0.39, 0.29) is 42.3 Å². The first-order valence-corrected chi connectivity index (χ1v) is 19.8. The molecule has 0 aliphatic carbocycles. The van der Waals surface area contributed by atoms with Crippen molar-refractivity contribution in [3.05, 3.63) is 111 Å². The summed E-state index contributed by atoms with van der Waals surface area (Å²) in [6, 6.07) is 20.3. The van der Waals surface area contributed by atoms with Crippen molar-refractivity contribution in [2.75, 3.05) is 52.6 Å². The number of aromatic nitrogens is 3. The average Bonchev–Trinajstić information content (AvgIpc) is 3.57. The number of halogens is 1. The van der Waals surface area contributed by atoms with Crippen LogP contribution in [0.1, 0.15) is 52.9 Å². The van der Waals surface area contributed by atoms with Crippen molar-refractivity contribution in [3.63, 3.8) is 0 Å². The minimum absolute atomic E-state index is 0.0147. The fourth-order valence-corrected chi connectivity index (χ4v) is 8.23. The molecule has 14 heteroatoms. The number of hydrogen-bond acceptors (Lipinski definition) is 9. The van der Waals surface area contributed by atoms with Crippen LogP contribution in [0.3, 0.4) is 0 Å². The monoisotopic (exact) mass is 792 g/mol. The summed E-state index contributed by atoms with van der Waals surface area (Å²) in [5.41, 5.74) is 3.75. The predicted octanol–water partition coefficient (Wildman–Crippen LogP) is 4.47. The lowest BCUT2D eigenvalue weighted by molar-refractivity contribution is -0.140. The molecule has 0 spiro atoms. The molecule has 0 radical (unpaired) electrons. The zero-order valence-corrected chi connectivity index (χ0v) is 33.4. The van der Waals surface area contributed by atoms with E-state index in [0.29, 0.717) is 84.4 Å². The van der Waals surface area contributed by atoms with E-state index >= 15 is 0 Å². The molecule has 4 heterocycles. The quantitative estimate of drug-likeness (QED) is 0.147. The first-order chi connectivity index (χ1) is 27.4. The number of nitrogens with zero attached hydrogens (tertiary/aromatic N) is 6. The number of fused-ring (bicyclic) bond motifs is 3. The van der Waals surface area contributed by atoms with Crippen molar-refractivity contribution in [3.8, 4) is 0 Å². The Morgan fingerprint density at radius 1 is 0.982 bits per heavy atom. The summed E-state index contributed by atoms with van der Waals surface area (Å²) in [6.45, 7) is 2.85. The predicted molar refractivity (Wildman–Crippen MR) is 221 cm³/mol. The first-order valence-electron chi connectivity index (χ1n) is 19.4. The van der Waals surface area contributed by atoms with Crippen molar-refractivity contribution < 1.29 is 19.5 Å². The molecule has 13 nitrogen and oxygen atoms in total. The third-order valence-corrected chi connectivity index (χ3v) is 11.4. The van der Waals surface area contributed by atoms with Gasteiger partial charge in [-0.2, -0.15) is 0 Å². The van der Waals surface area contributed by atoms with Crippen LogP contribution in [0.15, 0.2) is 77.9 Å². The Hall–Kier alpha value is -5.21. The lowest BCUT2D eigenvalue weighted by Crippen LogP contribution is -2.51. The molecule has 2 aliphatic rings. The Morgan fingerprint density at radius 2 is 1.74 bits per heavy atom. The van der Waals surface area contributed by atoms with E-state index < -0.39 is 5.60 Å².